The summed E-state index contributed by atoms with van der Waals surface area (Å²) in [6, 6.07) is 1.79. The molecule has 0 spiro atoms. The fourth-order valence-corrected chi connectivity index (χ4v) is 1.95. The summed E-state index contributed by atoms with van der Waals surface area (Å²) in [4.78, 5) is 15.9. The van der Waals surface area contributed by atoms with Gasteiger partial charge >= 0.3 is 0 Å². The average Bonchev–Trinajstić information content (AvgIpc) is 2.18. The summed E-state index contributed by atoms with van der Waals surface area (Å²) in [6.07, 6.45) is 3.33. The molecular weight excluding hydrogens is 270 g/mol. The predicted octanol–water partition coefficient (Wildman–Crippen LogP) is 1.64. The van der Waals surface area contributed by atoms with Crippen LogP contribution in [0.25, 0.3) is 0 Å². The summed E-state index contributed by atoms with van der Waals surface area (Å²) in [5, 5.41) is 6.08. The van der Waals surface area contributed by atoms with E-state index in [0.717, 1.165) is 23.2 Å². The van der Waals surface area contributed by atoms with Crippen molar-refractivity contribution < 1.29 is 4.79 Å². The lowest BCUT2D eigenvalue weighted by molar-refractivity contribution is -0.121. The van der Waals surface area contributed by atoms with Gasteiger partial charge in [-0.15, -0.1) is 0 Å². The maximum atomic E-state index is 11.9. The Balaban J connectivity index is 1.99. The third kappa shape index (κ3) is 2.41. The van der Waals surface area contributed by atoms with Crippen LogP contribution in [0.1, 0.15) is 6.92 Å². The molecule has 1 aromatic heterocycles. The van der Waals surface area contributed by atoms with Crippen LogP contribution >= 0.6 is 15.9 Å². The third-order valence-corrected chi connectivity index (χ3v) is 3.60. The molecule has 2 rings (SSSR count). The number of anilines is 1. The number of hydrogen-bond acceptors (Lipinski definition) is 3. The van der Waals surface area contributed by atoms with E-state index in [1.165, 1.54) is 0 Å². The van der Waals surface area contributed by atoms with E-state index in [4.69, 9.17) is 0 Å². The Morgan fingerprint density at radius 3 is 3.00 bits per heavy atom. The molecule has 1 atom stereocenters. The lowest BCUT2D eigenvalue weighted by atomic mass is 9.88. The maximum absolute atomic E-state index is 11.9. The van der Waals surface area contributed by atoms with Crippen molar-refractivity contribution in [2.45, 2.75) is 6.92 Å². The molecule has 4 nitrogen and oxygen atoms in total. The normalized spacial score (nSPS) is 17.6. The van der Waals surface area contributed by atoms with Crippen molar-refractivity contribution in [1.82, 2.24) is 10.3 Å². The van der Waals surface area contributed by atoms with Crippen molar-refractivity contribution in [1.29, 1.82) is 0 Å². The Kier molecular flexibility index (Phi) is 3.56. The first kappa shape index (κ1) is 11.5. The van der Waals surface area contributed by atoms with Crippen LogP contribution in [0, 0.1) is 11.8 Å². The van der Waals surface area contributed by atoms with Crippen LogP contribution in [0.3, 0.4) is 0 Å². The van der Waals surface area contributed by atoms with E-state index in [9.17, 15) is 4.79 Å². The van der Waals surface area contributed by atoms with Crippen LogP contribution in [0.15, 0.2) is 22.9 Å². The topological polar surface area (TPSA) is 54.0 Å². The highest BCUT2D eigenvalue weighted by molar-refractivity contribution is 9.10. The highest BCUT2D eigenvalue weighted by atomic mass is 79.9. The van der Waals surface area contributed by atoms with Crippen LogP contribution in [0.5, 0.6) is 0 Å². The Bertz CT molecular complexity index is 393. The predicted molar refractivity (Wildman–Crippen MR) is 66.1 cm³/mol. The van der Waals surface area contributed by atoms with Gasteiger partial charge in [0, 0.05) is 18.3 Å². The minimum atomic E-state index is 0.0429. The summed E-state index contributed by atoms with van der Waals surface area (Å²) in [5.41, 5.74) is 0.777. The van der Waals surface area contributed by atoms with Crippen molar-refractivity contribution >= 4 is 27.5 Å². The second-order valence-electron chi connectivity index (χ2n) is 4.05. The van der Waals surface area contributed by atoms with E-state index in [0.29, 0.717) is 5.92 Å². The summed E-state index contributed by atoms with van der Waals surface area (Å²) < 4.78 is 0.808. The largest absolute Gasteiger partial charge is 0.325 e. The minimum Gasteiger partial charge on any atom is -0.325 e. The van der Waals surface area contributed by atoms with Gasteiger partial charge in [0.2, 0.25) is 5.91 Å². The lowest BCUT2D eigenvalue weighted by Gasteiger charge is -2.31. The average molecular weight is 284 g/mol. The van der Waals surface area contributed by atoms with Gasteiger partial charge in [0.05, 0.1) is 10.2 Å². The van der Waals surface area contributed by atoms with Gasteiger partial charge in [-0.25, -0.2) is 0 Å². The summed E-state index contributed by atoms with van der Waals surface area (Å²) in [5.74, 6) is 0.570. The van der Waals surface area contributed by atoms with Crippen LogP contribution in [0.2, 0.25) is 0 Å². The van der Waals surface area contributed by atoms with Gasteiger partial charge in [0.1, 0.15) is 0 Å². The quantitative estimate of drug-likeness (QED) is 0.887. The Labute approximate surface area is 103 Å². The second-order valence-corrected chi connectivity index (χ2v) is 4.91. The maximum Gasteiger partial charge on any atom is 0.227 e. The zero-order chi connectivity index (χ0) is 11.5. The van der Waals surface area contributed by atoms with Crippen LogP contribution in [0.4, 0.5) is 5.69 Å². The molecule has 2 N–H and O–H groups in total. The molecule has 0 saturated carbocycles. The molecule has 86 valence electrons. The van der Waals surface area contributed by atoms with E-state index in [-0.39, 0.29) is 11.8 Å². The molecule has 1 fully saturated rings. The summed E-state index contributed by atoms with van der Waals surface area (Å²) >= 11 is 3.35. The zero-order valence-electron chi connectivity index (χ0n) is 9.03. The van der Waals surface area contributed by atoms with Gasteiger partial charge in [-0.2, -0.15) is 0 Å². The first-order valence-electron chi connectivity index (χ1n) is 5.29. The third-order valence-electron chi connectivity index (χ3n) is 2.96. The highest BCUT2D eigenvalue weighted by Crippen LogP contribution is 2.23. The number of amides is 1. The molecule has 2 heterocycles. The monoisotopic (exact) mass is 283 g/mol. The van der Waals surface area contributed by atoms with Crippen LogP contribution in [-0.2, 0) is 4.79 Å². The van der Waals surface area contributed by atoms with Crippen molar-refractivity contribution in [3.8, 4) is 0 Å². The Hall–Kier alpha value is -0.940. The fraction of sp³-hybridized carbons (Fsp3) is 0.455. The number of nitrogens with one attached hydrogen (secondary N) is 2. The first-order valence-corrected chi connectivity index (χ1v) is 6.09. The van der Waals surface area contributed by atoms with E-state index in [1.807, 2.05) is 6.92 Å². The SMILES string of the molecule is CC(C(=O)Nc1ccncc1Br)C1CNC1. The lowest BCUT2D eigenvalue weighted by Crippen LogP contribution is -2.48. The van der Waals surface area contributed by atoms with E-state index < -0.39 is 0 Å². The molecule has 1 saturated heterocycles. The molecule has 1 amide bonds. The fourth-order valence-electron chi connectivity index (χ4n) is 1.60. The van der Waals surface area contributed by atoms with Crippen molar-refractivity contribution in [3.05, 3.63) is 22.9 Å². The Morgan fingerprint density at radius 2 is 2.44 bits per heavy atom. The number of pyridine rings is 1. The highest BCUT2D eigenvalue weighted by Gasteiger charge is 2.28. The first-order chi connectivity index (χ1) is 7.68. The molecule has 0 radical (unpaired) electrons. The summed E-state index contributed by atoms with van der Waals surface area (Å²) in [7, 11) is 0. The molecule has 1 unspecified atom stereocenters. The smallest absolute Gasteiger partial charge is 0.227 e. The molecule has 1 aliphatic heterocycles. The second kappa shape index (κ2) is 4.93. The minimum absolute atomic E-state index is 0.0429. The van der Waals surface area contributed by atoms with Crippen LogP contribution < -0.4 is 10.6 Å². The standard InChI is InChI=1S/C11H14BrN3O/c1-7(8-4-14-5-8)11(16)15-10-2-3-13-6-9(10)12/h2-3,6-8,14H,4-5H2,1H3,(H,13,15,16). The number of hydrogen-bond donors (Lipinski definition) is 2. The van der Waals surface area contributed by atoms with Crippen molar-refractivity contribution in [3.63, 3.8) is 0 Å². The van der Waals surface area contributed by atoms with E-state index in [1.54, 1.807) is 18.5 Å². The Morgan fingerprint density at radius 1 is 1.69 bits per heavy atom. The number of carbonyl (C=O) groups excluding carboxylic acids is 1. The molecular formula is C11H14BrN3O. The van der Waals surface area contributed by atoms with E-state index in [2.05, 4.69) is 31.5 Å². The molecule has 0 aliphatic carbocycles. The van der Waals surface area contributed by atoms with Crippen LogP contribution in [-0.4, -0.2) is 24.0 Å². The van der Waals surface area contributed by atoms with Gasteiger partial charge < -0.3 is 10.6 Å². The van der Waals surface area contributed by atoms with Gasteiger partial charge in [0.25, 0.3) is 0 Å². The van der Waals surface area contributed by atoms with Gasteiger partial charge in [-0.05, 0) is 41.0 Å². The molecule has 1 aliphatic rings. The zero-order valence-corrected chi connectivity index (χ0v) is 10.6. The number of rotatable bonds is 3. The number of halogens is 1. The number of aromatic nitrogens is 1. The summed E-state index contributed by atoms with van der Waals surface area (Å²) in [6.45, 7) is 3.84. The number of carbonyl (C=O) groups is 1. The van der Waals surface area contributed by atoms with Gasteiger partial charge in [0.15, 0.2) is 0 Å². The van der Waals surface area contributed by atoms with Gasteiger partial charge in [-0.1, -0.05) is 6.92 Å². The molecule has 0 aromatic carbocycles. The number of nitrogens with zero attached hydrogens (tertiary/aromatic N) is 1. The van der Waals surface area contributed by atoms with E-state index >= 15 is 0 Å². The molecule has 0 bridgehead atoms. The van der Waals surface area contributed by atoms with Crippen molar-refractivity contribution in [2.75, 3.05) is 18.4 Å². The van der Waals surface area contributed by atoms with Crippen molar-refractivity contribution in [2.24, 2.45) is 11.8 Å². The molecule has 16 heavy (non-hydrogen) atoms. The van der Waals surface area contributed by atoms with Gasteiger partial charge in [-0.3, -0.25) is 9.78 Å². The molecule has 5 heteroatoms. The molecule has 1 aromatic rings.